The lowest BCUT2D eigenvalue weighted by atomic mass is 9.96. The normalized spacial score (nSPS) is 12.4. The topological polar surface area (TPSA) is 52.7 Å². The van der Waals surface area contributed by atoms with Crippen molar-refractivity contribution in [3.8, 4) is 5.69 Å². The van der Waals surface area contributed by atoms with Crippen molar-refractivity contribution in [1.82, 2.24) is 8.97 Å². The molecule has 0 aliphatic carbocycles. The molecule has 5 aromatic heterocycles. The Labute approximate surface area is 441 Å². The van der Waals surface area contributed by atoms with Crippen LogP contribution in [0.2, 0.25) is 5.02 Å². The maximum atomic E-state index is 9.62. The third kappa shape index (κ3) is 7.38. The smallest absolute Gasteiger partial charge is 0.136 e. The molecule has 0 N–H and O–H groups in total. The minimum atomic E-state index is -0.0833. The number of fused-ring (bicyclic) bond motifs is 19. The lowest BCUT2D eigenvalue weighted by Crippen LogP contribution is -1.96. The number of furan rings is 2. The maximum Gasteiger partial charge on any atom is 0.136 e. The molecule has 15 aromatic rings. The highest BCUT2D eigenvalue weighted by Gasteiger charge is 2.22. The van der Waals surface area contributed by atoms with Gasteiger partial charge in [0.1, 0.15) is 28.1 Å². The number of aryl methyl sites for hydroxylation is 4. The summed E-state index contributed by atoms with van der Waals surface area (Å²) >= 11 is 7.00. The van der Waals surface area contributed by atoms with Crippen LogP contribution in [0.3, 0.4) is 0 Å². The first-order valence-corrected chi connectivity index (χ1v) is 26.4. The van der Waals surface area contributed by atoms with Gasteiger partial charge in [-0.05, 0) is 193 Å². The van der Waals surface area contributed by atoms with Crippen molar-refractivity contribution in [2.24, 2.45) is 0 Å². The Morgan fingerprint density at radius 2 is 0.920 bits per heavy atom. The van der Waals surface area contributed by atoms with Crippen LogP contribution in [-0.4, -0.2) is 14.8 Å². The van der Waals surface area contributed by atoms with Crippen molar-refractivity contribution in [3.63, 3.8) is 0 Å². The third-order valence-electron chi connectivity index (χ3n) is 15.5. The Balaban J connectivity index is 0.000000134. The SMILES string of the molecule is Cc1ccc2c(c1)oc1ccc3cc(-n4c5cc(C)ccc5c5cc(C(C)C)cc(Cl)c54)ccc3c12.Cc1ccc2c(c1)oc1ccc3cc4c(cc3c12)c1cc(C(C)C)cc2c3ccc(C)cc3n4c21.[2H]CC(C)=O. The van der Waals surface area contributed by atoms with Gasteiger partial charge in [-0.25, -0.2) is 0 Å². The molecule has 0 unspecified atom stereocenters. The molecular weight excluding hydrogens is 940 g/mol. The molecule has 0 atom stereocenters. The molecule has 10 aromatic carbocycles. The van der Waals surface area contributed by atoms with E-state index in [0.29, 0.717) is 11.8 Å². The number of nitrogens with zero attached hydrogens (tertiary/aromatic N) is 2. The Hall–Kier alpha value is -8.12. The van der Waals surface area contributed by atoms with E-state index in [4.69, 9.17) is 21.8 Å². The summed E-state index contributed by atoms with van der Waals surface area (Å²) in [6, 6.07) is 55.9. The average molecular weight is 999 g/mol. The van der Waals surface area contributed by atoms with E-state index in [-0.39, 0.29) is 12.7 Å². The molecule has 5 nitrogen and oxygen atoms in total. The van der Waals surface area contributed by atoms with E-state index in [2.05, 4.69) is 216 Å². The zero-order chi connectivity index (χ0) is 52.6. The number of hydrogen-bond acceptors (Lipinski definition) is 3. The fourth-order valence-electron chi connectivity index (χ4n) is 11.9. The predicted molar refractivity (Wildman–Crippen MR) is 320 cm³/mol. The minimum Gasteiger partial charge on any atom is -0.456 e. The highest BCUT2D eigenvalue weighted by molar-refractivity contribution is 6.37. The molecule has 0 aliphatic heterocycles. The molecule has 5 heterocycles. The summed E-state index contributed by atoms with van der Waals surface area (Å²) in [5, 5.41) is 18.2. The number of hydrogen-bond donors (Lipinski definition) is 0. The fraction of sp³-hybridized carbons (Fsp3) is 0.174. The molecule has 75 heavy (non-hydrogen) atoms. The van der Waals surface area contributed by atoms with Gasteiger partial charge < -0.3 is 22.6 Å². The molecule has 0 saturated heterocycles. The summed E-state index contributed by atoms with van der Waals surface area (Å²) in [5.74, 6) is 0.800. The molecule has 0 aliphatic rings. The van der Waals surface area contributed by atoms with Crippen molar-refractivity contribution in [2.45, 2.75) is 81.0 Å². The van der Waals surface area contributed by atoms with E-state index in [9.17, 15) is 4.79 Å². The van der Waals surface area contributed by atoms with Crippen LogP contribution in [0.25, 0.3) is 131 Å². The number of benzene rings is 10. The molecular formula is C69H57ClN2O3. The first-order valence-electron chi connectivity index (χ1n) is 26.7. The van der Waals surface area contributed by atoms with Crippen LogP contribution >= 0.6 is 11.6 Å². The van der Waals surface area contributed by atoms with Crippen LogP contribution in [0.5, 0.6) is 0 Å². The summed E-state index contributed by atoms with van der Waals surface area (Å²) in [5.41, 5.74) is 18.6. The van der Waals surface area contributed by atoms with Gasteiger partial charge in [0.15, 0.2) is 0 Å². The zero-order valence-electron chi connectivity index (χ0n) is 44.8. The van der Waals surface area contributed by atoms with Crippen molar-refractivity contribution in [2.75, 3.05) is 0 Å². The summed E-state index contributed by atoms with van der Waals surface area (Å²) in [6.07, 6.45) is 0. The van der Waals surface area contributed by atoms with Crippen molar-refractivity contribution in [3.05, 3.63) is 190 Å². The van der Waals surface area contributed by atoms with Gasteiger partial charge in [-0.15, -0.1) is 0 Å². The highest BCUT2D eigenvalue weighted by Crippen LogP contribution is 2.45. The maximum absolute atomic E-state index is 9.62. The van der Waals surface area contributed by atoms with Gasteiger partial charge >= 0.3 is 0 Å². The third-order valence-corrected chi connectivity index (χ3v) is 15.8. The Morgan fingerprint density at radius 3 is 1.51 bits per heavy atom. The van der Waals surface area contributed by atoms with Crippen LogP contribution in [0.1, 0.15) is 88.1 Å². The van der Waals surface area contributed by atoms with E-state index in [1.807, 2.05) is 0 Å². The first-order chi connectivity index (χ1) is 36.6. The van der Waals surface area contributed by atoms with E-state index in [1.165, 1.54) is 132 Å². The highest BCUT2D eigenvalue weighted by atomic mass is 35.5. The average Bonchev–Trinajstić information content (AvgIpc) is 4.32. The van der Waals surface area contributed by atoms with Crippen LogP contribution in [-0.2, 0) is 4.79 Å². The number of ketones is 1. The van der Waals surface area contributed by atoms with Gasteiger partial charge in [-0.2, -0.15) is 0 Å². The Morgan fingerprint density at radius 1 is 0.453 bits per heavy atom. The van der Waals surface area contributed by atoms with Gasteiger partial charge in [-0.1, -0.05) is 106 Å². The number of Topliss-reactive ketones (excluding diaryl/α,β-unsaturated/α-hetero) is 1. The number of rotatable bonds is 3. The largest absolute Gasteiger partial charge is 0.456 e. The van der Waals surface area contributed by atoms with Crippen molar-refractivity contribution < 1.29 is 15.0 Å². The monoisotopic (exact) mass is 997 g/mol. The number of halogens is 1. The van der Waals surface area contributed by atoms with E-state index >= 15 is 0 Å². The summed E-state index contributed by atoms with van der Waals surface area (Å²) < 4.78 is 23.6. The van der Waals surface area contributed by atoms with Gasteiger partial charge in [0.25, 0.3) is 0 Å². The molecule has 6 heteroatoms. The summed E-state index contributed by atoms with van der Waals surface area (Å²) in [7, 11) is 0. The van der Waals surface area contributed by atoms with Gasteiger partial charge in [0.05, 0.1) is 32.6 Å². The standard InChI is InChI=1S/C33H26ClNO.C33H25NO.C3H6O/c1-18(2)22-16-27-25-9-5-19(3)13-29(25)35(33(27)28(34)17-22)23-8-11-24-21(15-23)7-12-30-32(24)26-10-6-20(4)14-31(26)36-30;1-17(2)21-13-26-22-8-5-18(3)11-28(22)34-29-15-20-7-10-30-32(23-9-6-19(4)12-31(23)35-30)24(20)16-25(29)27(14-21)33(26)34;1-3(2)4/h5-18H,1-4H3;5-17H,1-4H3;1-2H3/i;;1D. The van der Waals surface area contributed by atoms with E-state index in [0.717, 1.165) is 43.9 Å². The summed E-state index contributed by atoms with van der Waals surface area (Å²) in [4.78, 5) is 9.62. The van der Waals surface area contributed by atoms with Crippen LogP contribution in [0.15, 0.2) is 160 Å². The molecule has 0 radical (unpaired) electrons. The molecule has 0 bridgehead atoms. The summed E-state index contributed by atoms with van der Waals surface area (Å²) in [6.45, 7) is 18.9. The number of carbonyl (C=O) groups excluding carboxylic acids is 1. The molecule has 368 valence electrons. The lowest BCUT2D eigenvalue weighted by molar-refractivity contribution is -0.115. The Kier molecular flexibility index (Phi) is 10.4. The molecule has 0 fully saturated rings. The second-order valence-electron chi connectivity index (χ2n) is 21.7. The van der Waals surface area contributed by atoms with Gasteiger partial charge in [0.2, 0.25) is 0 Å². The quantitative estimate of drug-likeness (QED) is 0.177. The second kappa shape index (κ2) is 17.2. The number of carbonyl (C=O) groups is 1. The molecule has 0 spiro atoms. The van der Waals surface area contributed by atoms with Crippen LogP contribution in [0.4, 0.5) is 0 Å². The molecule has 0 saturated carbocycles. The van der Waals surface area contributed by atoms with Gasteiger partial charge in [0, 0.05) is 60.9 Å². The molecule has 15 rings (SSSR count). The fourth-order valence-corrected chi connectivity index (χ4v) is 12.2. The predicted octanol–water partition coefficient (Wildman–Crippen LogP) is 20.5. The number of aromatic nitrogens is 2. The lowest BCUT2D eigenvalue weighted by Gasteiger charge is -2.12. The van der Waals surface area contributed by atoms with Crippen molar-refractivity contribution >= 4 is 143 Å². The minimum absolute atomic E-state index is 0.0787. The van der Waals surface area contributed by atoms with Crippen LogP contribution < -0.4 is 0 Å². The van der Waals surface area contributed by atoms with Crippen molar-refractivity contribution in [1.29, 1.82) is 0 Å². The zero-order valence-corrected chi connectivity index (χ0v) is 44.5. The van der Waals surface area contributed by atoms with E-state index < -0.39 is 0 Å². The van der Waals surface area contributed by atoms with E-state index in [1.54, 1.807) is 0 Å². The molecule has 0 amide bonds. The Bertz CT molecular complexity index is 4910. The second-order valence-corrected chi connectivity index (χ2v) is 22.1. The first kappa shape index (κ1) is 45.5. The van der Waals surface area contributed by atoms with Crippen LogP contribution in [0, 0.1) is 27.7 Å². The van der Waals surface area contributed by atoms with Gasteiger partial charge in [-0.3, -0.25) is 0 Å².